The van der Waals surface area contributed by atoms with Crippen molar-refractivity contribution in [3.05, 3.63) is 77.3 Å². The highest BCUT2D eigenvalue weighted by Crippen LogP contribution is 2.29. The van der Waals surface area contributed by atoms with Crippen LogP contribution < -0.4 is 10.6 Å². The molecule has 0 bridgehead atoms. The maximum absolute atomic E-state index is 14.4. The molecule has 1 fully saturated rings. The van der Waals surface area contributed by atoms with E-state index >= 15 is 0 Å². The number of piperidine rings is 1. The summed E-state index contributed by atoms with van der Waals surface area (Å²) in [6, 6.07) is 4.09. The monoisotopic (exact) mass is 474 g/mol. The number of halogens is 4. The zero-order valence-corrected chi connectivity index (χ0v) is 18.2. The van der Waals surface area contributed by atoms with Gasteiger partial charge in [-0.05, 0) is 18.2 Å². The first-order valence-corrected chi connectivity index (χ1v) is 10.6. The van der Waals surface area contributed by atoms with Crippen LogP contribution in [-0.4, -0.2) is 46.1 Å². The van der Waals surface area contributed by atoms with Gasteiger partial charge in [0.25, 0.3) is 0 Å². The topological polar surface area (TPSA) is 92.3 Å². The molecule has 34 heavy (non-hydrogen) atoms. The average Bonchev–Trinajstić information content (AvgIpc) is 2.78. The number of aliphatic hydroxyl groups is 1. The van der Waals surface area contributed by atoms with Crippen LogP contribution in [0.4, 0.5) is 23.2 Å². The first-order chi connectivity index (χ1) is 16.2. The number of aliphatic hydroxyl groups excluding tert-OH is 1. The van der Waals surface area contributed by atoms with Crippen LogP contribution in [0.5, 0.6) is 0 Å². The van der Waals surface area contributed by atoms with Crippen molar-refractivity contribution in [2.75, 3.05) is 18.0 Å². The van der Waals surface area contributed by atoms with E-state index in [1.165, 1.54) is 6.20 Å². The summed E-state index contributed by atoms with van der Waals surface area (Å²) in [5.74, 6) is -5.51. The van der Waals surface area contributed by atoms with E-state index in [2.05, 4.69) is 9.97 Å². The van der Waals surface area contributed by atoms with Gasteiger partial charge in [-0.2, -0.15) is 0 Å². The minimum Gasteiger partial charge on any atom is -0.391 e. The molecule has 0 aliphatic carbocycles. The molecule has 10 heteroatoms. The zero-order valence-electron chi connectivity index (χ0n) is 18.2. The number of nitrogens with two attached hydrogens (primary N) is 1. The molecule has 0 amide bonds. The predicted molar refractivity (Wildman–Crippen MR) is 117 cm³/mol. The smallest absolute Gasteiger partial charge is 0.185 e. The normalized spacial score (nSPS) is 20.4. The third kappa shape index (κ3) is 4.64. The van der Waals surface area contributed by atoms with Crippen LogP contribution in [0.1, 0.15) is 23.0 Å². The number of carbonyl (C=O) groups excluding carboxylic acids is 1. The first-order valence-electron chi connectivity index (χ1n) is 10.6. The second-order valence-corrected chi connectivity index (χ2v) is 8.41. The Balaban J connectivity index is 1.64. The van der Waals surface area contributed by atoms with Crippen LogP contribution in [0.25, 0.3) is 11.3 Å². The molecule has 1 saturated heterocycles. The highest BCUT2D eigenvalue weighted by molar-refractivity contribution is 5.97. The van der Waals surface area contributed by atoms with Crippen LogP contribution in [0.2, 0.25) is 0 Å². The van der Waals surface area contributed by atoms with Gasteiger partial charge in [-0.3, -0.25) is 9.78 Å². The quantitative estimate of drug-likeness (QED) is 0.436. The molecule has 4 rings (SSSR count). The van der Waals surface area contributed by atoms with Crippen molar-refractivity contribution in [3.63, 3.8) is 0 Å². The molecule has 3 atom stereocenters. The number of ketones is 1. The molecular formula is C24H22F4N4O2. The molecule has 0 saturated carbocycles. The van der Waals surface area contributed by atoms with E-state index in [1.54, 1.807) is 12.3 Å². The fraction of sp³-hybridized carbons (Fsp3) is 0.292. The molecule has 0 radical (unpaired) electrons. The van der Waals surface area contributed by atoms with Crippen molar-refractivity contribution in [2.24, 2.45) is 11.7 Å². The van der Waals surface area contributed by atoms with Crippen molar-refractivity contribution in [2.45, 2.75) is 25.5 Å². The number of hydrogen-bond donors (Lipinski definition) is 2. The van der Waals surface area contributed by atoms with Gasteiger partial charge < -0.3 is 15.7 Å². The summed E-state index contributed by atoms with van der Waals surface area (Å²) in [6.45, 7) is 2.77. The summed E-state index contributed by atoms with van der Waals surface area (Å²) < 4.78 is 56.0. The highest BCUT2D eigenvalue weighted by atomic mass is 19.1. The standard InChI is InChI=1S/C24H22F4N4O2/c1-12-10-32(11-18(29)24(12)34)20-4-5-30-9-13(20)6-21(33)19-3-2-15(26)23(31-19)22-16(27)7-14(25)8-17(22)28/h2-5,7-9,12,18,24,34H,6,10-11,29H2,1H3/t12-,18+,24+/m0/s1. The molecule has 0 unspecified atom stereocenters. The average molecular weight is 474 g/mol. The number of aromatic nitrogens is 2. The number of pyridine rings is 2. The lowest BCUT2D eigenvalue weighted by Crippen LogP contribution is -2.55. The number of carbonyl (C=O) groups is 1. The van der Waals surface area contributed by atoms with Gasteiger partial charge in [0.05, 0.1) is 11.7 Å². The van der Waals surface area contributed by atoms with E-state index in [1.807, 2.05) is 11.8 Å². The maximum atomic E-state index is 14.4. The van der Waals surface area contributed by atoms with Crippen molar-refractivity contribution in [3.8, 4) is 11.3 Å². The van der Waals surface area contributed by atoms with E-state index in [0.29, 0.717) is 36.5 Å². The fourth-order valence-electron chi connectivity index (χ4n) is 4.18. The fourth-order valence-corrected chi connectivity index (χ4v) is 4.18. The van der Waals surface area contributed by atoms with E-state index in [4.69, 9.17) is 5.73 Å². The summed E-state index contributed by atoms with van der Waals surface area (Å²) in [6.07, 6.45) is 2.27. The molecular weight excluding hydrogens is 452 g/mol. The molecule has 1 aromatic carbocycles. The number of benzene rings is 1. The lowest BCUT2D eigenvalue weighted by molar-refractivity contribution is 0.0784. The van der Waals surface area contributed by atoms with E-state index in [9.17, 15) is 27.5 Å². The van der Waals surface area contributed by atoms with Crippen molar-refractivity contribution in [1.82, 2.24) is 9.97 Å². The van der Waals surface area contributed by atoms with Crippen LogP contribution in [0, 0.1) is 29.2 Å². The summed E-state index contributed by atoms with van der Waals surface area (Å²) in [5.41, 5.74) is 5.51. The Hall–Kier alpha value is -3.37. The van der Waals surface area contributed by atoms with Gasteiger partial charge in [-0.1, -0.05) is 6.92 Å². The van der Waals surface area contributed by atoms with E-state index < -0.39 is 52.5 Å². The summed E-state index contributed by atoms with van der Waals surface area (Å²) >= 11 is 0. The second kappa shape index (κ2) is 9.47. The molecule has 2 aromatic heterocycles. The number of hydrogen-bond acceptors (Lipinski definition) is 6. The Bertz CT molecular complexity index is 1200. The van der Waals surface area contributed by atoms with Gasteiger partial charge >= 0.3 is 0 Å². The number of anilines is 1. The lowest BCUT2D eigenvalue weighted by atomic mass is 9.92. The van der Waals surface area contributed by atoms with Crippen LogP contribution >= 0.6 is 0 Å². The first kappa shape index (κ1) is 23.8. The molecule has 3 N–H and O–H groups in total. The highest BCUT2D eigenvalue weighted by Gasteiger charge is 2.32. The molecule has 6 nitrogen and oxygen atoms in total. The number of rotatable bonds is 5. The Labute approximate surface area is 193 Å². The summed E-state index contributed by atoms with van der Waals surface area (Å²) in [7, 11) is 0. The van der Waals surface area contributed by atoms with Gasteiger partial charge in [-0.25, -0.2) is 22.5 Å². The van der Waals surface area contributed by atoms with Crippen LogP contribution in [0.15, 0.2) is 42.7 Å². The van der Waals surface area contributed by atoms with Crippen molar-refractivity contribution < 1.29 is 27.5 Å². The third-order valence-corrected chi connectivity index (χ3v) is 5.91. The predicted octanol–water partition coefficient (Wildman–Crippen LogP) is 3.27. The van der Waals surface area contributed by atoms with Crippen LogP contribution in [-0.2, 0) is 6.42 Å². The minimum atomic E-state index is -1.33. The van der Waals surface area contributed by atoms with Gasteiger partial charge in [0.2, 0.25) is 0 Å². The van der Waals surface area contributed by atoms with E-state index in [-0.39, 0.29) is 18.0 Å². The Morgan fingerprint density at radius 3 is 2.50 bits per heavy atom. The molecule has 3 aromatic rings. The Morgan fingerprint density at radius 2 is 1.82 bits per heavy atom. The zero-order chi connectivity index (χ0) is 24.6. The number of nitrogens with zero attached hydrogens (tertiary/aromatic N) is 3. The van der Waals surface area contributed by atoms with Crippen LogP contribution in [0.3, 0.4) is 0 Å². The summed E-state index contributed by atoms with van der Waals surface area (Å²) in [5, 5.41) is 10.1. The third-order valence-electron chi connectivity index (χ3n) is 5.91. The van der Waals surface area contributed by atoms with Gasteiger partial charge in [0.1, 0.15) is 34.7 Å². The minimum absolute atomic E-state index is 0.0951. The largest absolute Gasteiger partial charge is 0.391 e. The van der Waals surface area contributed by atoms with Crippen molar-refractivity contribution in [1.29, 1.82) is 0 Å². The Morgan fingerprint density at radius 1 is 1.12 bits per heavy atom. The number of Topliss-reactive ketones (excluding diaryl/α,β-unsaturated/α-hetero) is 1. The molecule has 0 spiro atoms. The van der Waals surface area contributed by atoms with Gasteiger partial charge in [0, 0.05) is 67.2 Å². The van der Waals surface area contributed by atoms with Gasteiger partial charge in [-0.15, -0.1) is 0 Å². The molecule has 178 valence electrons. The summed E-state index contributed by atoms with van der Waals surface area (Å²) in [4.78, 5) is 22.9. The lowest BCUT2D eigenvalue weighted by Gasteiger charge is -2.40. The SMILES string of the molecule is C[C@H]1CN(c2ccncc2CC(=O)c2ccc(F)c(-c3c(F)cc(F)cc3F)n2)C[C@@H](N)[C@@H]1O. The second-order valence-electron chi connectivity index (χ2n) is 8.41. The van der Waals surface area contributed by atoms with Gasteiger partial charge in [0.15, 0.2) is 5.78 Å². The molecule has 1 aliphatic rings. The molecule has 1 aliphatic heterocycles. The molecule has 3 heterocycles. The Kier molecular flexibility index (Phi) is 6.63. The maximum Gasteiger partial charge on any atom is 0.185 e. The van der Waals surface area contributed by atoms with E-state index in [0.717, 1.165) is 12.1 Å². The van der Waals surface area contributed by atoms with Crippen molar-refractivity contribution >= 4 is 11.5 Å².